The molecule has 1 heterocycles. The molecule has 1 unspecified atom stereocenters. The molecule has 51 heavy (non-hydrogen) atoms. The van der Waals surface area contributed by atoms with E-state index in [0.717, 1.165) is 22.3 Å². The van der Waals surface area contributed by atoms with Crippen LogP contribution in [0.4, 0.5) is 4.79 Å². The normalized spacial score (nSPS) is 11.7. The van der Waals surface area contributed by atoms with Crippen LogP contribution in [-0.4, -0.2) is 63.8 Å². The number of urea groups is 1. The lowest BCUT2D eigenvalue weighted by Crippen LogP contribution is -2.54. The Bertz CT molecular complexity index is 1820. The third kappa shape index (κ3) is 11.1. The molecule has 0 fully saturated rings. The van der Waals surface area contributed by atoms with E-state index >= 15 is 0 Å². The predicted octanol–water partition coefficient (Wildman–Crippen LogP) is 5.86. The SMILES string of the molecule is CN(Cc1ccccc1)C(=O)NC(Cc1cnc[nH]1)C(=O)N(CC(=O)NCC(C)(C)c1ccccc1)Cc1ccc(OCc2ccccc2)cc1. The van der Waals surface area contributed by atoms with Crippen LogP contribution in [0.5, 0.6) is 5.75 Å². The average Bonchev–Trinajstić information content (AvgIpc) is 3.67. The van der Waals surface area contributed by atoms with Crippen LogP contribution in [0.3, 0.4) is 0 Å². The zero-order valence-electron chi connectivity index (χ0n) is 29.4. The summed E-state index contributed by atoms with van der Waals surface area (Å²) in [6.07, 6.45) is 3.31. The second-order valence-electron chi connectivity index (χ2n) is 13.3. The Kier molecular flexibility index (Phi) is 12.6. The second kappa shape index (κ2) is 17.7. The average molecular weight is 687 g/mol. The van der Waals surface area contributed by atoms with Crippen molar-refractivity contribution >= 4 is 17.8 Å². The third-order valence-electron chi connectivity index (χ3n) is 8.66. The third-order valence-corrected chi connectivity index (χ3v) is 8.66. The van der Waals surface area contributed by atoms with Gasteiger partial charge in [-0.05, 0) is 34.4 Å². The summed E-state index contributed by atoms with van der Waals surface area (Å²) < 4.78 is 5.96. The van der Waals surface area contributed by atoms with Crippen molar-refractivity contribution < 1.29 is 19.1 Å². The maximum atomic E-state index is 14.4. The fraction of sp³-hybridized carbons (Fsp3) is 0.268. The zero-order chi connectivity index (χ0) is 36.1. The van der Waals surface area contributed by atoms with E-state index in [1.54, 1.807) is 13.2 Å². The molecule has 10 heteroatoms. The first kappa shape index (κ1) is 36.4. The topological polar surface area (TPSA) is 120 Å². The van der Waals surface area contributed by atoms with Gasteiger partial charge in [-0.3, -0.25) is 9.59 Å². The Morgan fingerprint density at radius 1 is 0.804 bits per heavy atom. The maximum absolute atomic E-state index is 14.4. The number of benzene rings is 4. The quantitative estimate of drug-likeness (QED) is 0.120. The summed E-state index contributed by atoms with van der Waals surface area (Å²) in [6, 6.07) is 35.6. The molecule has 4 aromatic carbocycles. The first-order valence-electron chi connectivity index (χ1n) is 17.1. The molecule has 0 aliphatic carbocycles. The molecular formula is C41H46N6O4. The molecule has 0 aliphatic heterocycles. The van der Waals surface area contributed by atoms with Gasteiger partial charge in [0.15, 0.2) is 0 Å². The van der Waals surface area contributed by atoms with Crippen LogP contribution < -0.4 is 15.4 Å². The number of rotatable bonds is 16. The van der Waals surface area contributed by atoms with Crippen LogP contribution in [0.1, 0.15) is 41.8 Å². The van der Waals surface area contributed by atoms with E-state index in [0.29, 0.717) is 31.1 Å². The zero-order valence-corrected chi connectivity index (χ0v) is 29.4. The van der Waals surface area contributed by atoms with Gasteiger partial charge in [-0.1, -0.05) is 117 Å². The first-order valence-corrected chi connectivity index (χ1v) is 17.1. The number of carbonyl (C=O) groups excluding carboxylic acids is 3. The van der Waals surface area contributed by atoms with Crippen LogP contribution in [0.2, 0.25) is 0 Å². The van der Waals surface area contributed by atoms with E-state index in [4.69, 9.17) is 4.74 Å². The number of hydrogen-bond donors (Lipinski definition) is 3. The highest BCUT2D eigenvalue weighted by Gasteiger charge is 2.30. The van der Waals surface area contributed by atoms with Gasteiger partial charge < -0.3 is 30.2 Å². The van der Waals surface area contributed by atoms with Gasteiger partial charge in [0.1, 0.15) is 18.4 Å². The van der Waals surface area contributed by atoms with E-state index in [-0.39, 0.29) is 30.8 Å². The summed E-state index contributed by atoms with van der Waals surface area (Å²) in [5.41, 5.74) is 4.25. The molecule has 10 nitrogen and oxygen atoms in total. The van der Waals surface area contributed by atoms with Gasteiger partial charge in [-0.15, -0.1) is 0 Å². The molecule has 1 aromatic heterocycles. The summed E-state index contributed by atoms with van der Waals surface area (Å²) in [5.74, 6) is -0.0110. The standard InChI is InChI=1S/C41H46N6O4/c1-41(2,34-17-11-6-12-18-34)29-43-38(48)27-47(26-32-19-21-36(22-20-32)51-28-33-15-9-5-10-16-33)39(49)37(23-35-24-42-30-44-35)45-40(50)46(3)25-31-13-7-4-8-14-31/h4-22,24,30,37H,23,25-29H2,1-3H3,(H,42,44)(H,43,48)(H,45,50). The van der Waals surface area contributed by atoms with Crippen LogP contribution >= 0.6 is 0 Å². The molecule has 5 aromatic rings. The molecule has 0 radical (unpaired) electrons. The van der Waals surface area contributed by atoms with E-state index in [1.807, 2.05) is 115 Å². The largest absolute Gasteiger partial charge is 0.489 e. The summed E-state index contributed by atoms with van der Waals surface area (Å²) >= 11 is 0. The van der Waals surface area contributed by atoms with Crippen molar-refractivity contribution in [3.8, 4) is 5.75 Å². The Morgan fingerprint density at radius 3 is 2.04 bits per heavy atom. The molecule has 0 spiro atoms. The highest BCUT2D eigenvalue weighted by atomic mass is 16.5. The smallest absolute Gasteiger partial charge is 0.318 e. The molecule has 0 saturated carbocycles. The van der Waals surface area contributed by atoms with Crippen molar-refractivity contribution in [3.05, 3.63) is 156 Å². The summed E-state index contributed by atoms with van der Waals surface area (Å²) in [4.78, 5) is 51.6. The van der Waals surface area contributed by atoms with Crippen molar-refractivity contribution in [1.29, 1.82) is 0 Å². The van der Waals surface area contributed by atoms with Crippen LogP contribution in [0, 0.1) is 0 Å². The van der Waals surface area contributed by atoms with Gasteiger partial charge in [-0.2, -0.15) is 0 Å². The molecule has 4 amide bonds. The molecule has 0 saturated heterocycles. The van der Waals surface area contributed by atoms with Gasteiger partial charge in [-0.25, -0.2) is 9.78 Å². The summed E-state index contributed by atoms with van der Waals surface area (Å²) in [7, 11) is 1.68. The first-order chi connectivity index (χ1) is 24.7. The number of imidazole rings is 1. The van der Waals surface area contributed by atoms with Gasteiger partial charge in [0, 0.05) is 50.4 Å². The minimum absolute atomic E-state index is 0.141. The molecule has 0 bridgehead atoms. The van der Waals surface area contributed by atoms with Gasteiger partial charge in [0.25, 0.3) is 0 Å². The van der Waals surface area contributed by atoms with Gasteiger partial charge in [0.05, 0.1) is 12.9 Å². The number of amides is 4. The molecule has 1 atom stereocenters. The minimum atomic E-state index is -0.974. The highest BCUT2D eigenvalue weighted by molar-refractivity contribution is 5.90. The Labute approximate surface area is 299 Å². The molecule has 5 rings (SSSR count). The van der Waals surface area contributed by atoms with Crippen molar-refractivity contribution in [2.45, 2.75) is 51.4 Å². The van der Waals surface area contributed by atoms with Crippen molar-refractivity contribution in [2.75, 3.05) is 20.1 Å². The molecular weight excluding hydrogens is 640 g/mol. The summed E-state index contributed by atoms with van der Waals surface area (Å²) in [6.45, 7) is 5.24. The van der Waals surface area contributed by atoms with E-state index < -0.39 is 18.0 Å². The van der Waals surface area contributed by atoms with E-state index in [9.17, 15) is 14.4 Å². The number of carbonyl (C=O) groups is 3. The van der Waals surface area contributed by atoms with Crippen molar-refractivity contribution in [2.24, 2.45) is 0 Å². The number of aromatic nitrogens is 2. The van der Waals surface area contributed by atoms with Crippen molar-refractivity contribution in [3.63, 3.8) is 0 Å². The number of ether oxygens (including phenoxy) is 1. The van der Waals surface area contributed by atoms with Gasteiger partial charge in [0.2, 0.25) is 11.8 Å². The Balaban J connectivity index is 1.33. The number of nitrogens with zero attached hydrogens (tertiary/aromatic N) is 3. The fourth-order valence-electron chi connectivity index (χ4n) is 5.63. The number of aromatic amines is 1. The minimum Gasteiger partial charge on any atom is -0.489 e. The number of H-pyrrole nitrogens is 1. The van der Waals surface area contributed by atoms with Crippen molar-refractivity contribution in [1.82, 2.24) is 30.4 Å². The molecule has 0 aliphatic rings. The second-order valence-corrected chi connectivity index (χ2v) is 13.3. The molecule has 3 N–H and O–H groups in total. The monoisotopic (exact) mass is 686 g/mol. The van der Waals surface area contributed by atoms with Crippen LogP contribution in [0.25, 0.3) is 0 Å². The lowest BCUT2D eigenvalue weighted by atomic mass is 9.84. The fourth-order valence-corrected chi connectivity index (χ4v) is 5.63. The van der Waals surface area contributed by atoms with Gasteiger partial charge >= 0.3 is 6.03 Å². The lowest BCUT2D eigenvalue weighted by molar-refractivity contribution is -0.138. The van der Waals surface area contributed by atoms with Crippen LogP contribution in [0.15, 0.2) is 128 Å². The summed E-state index contributed by atoms with van der Waals surface area (Å²) in [5, 5.41) is 5.97. The Morgan fingerprint density at radius 2 is 1.41 bits per heavy atom. The number of nitrogens with one attached hydrogen (secondary N) is 3. The Hall–Kier alpha value is -5.90. The highest BCUT2D eigenvalue weighted by Crippen LogP contribution is 2.22. The molecule has 264 valence electrons. The van der Waals surface area contributed by atoms with E-state index in [2.05, 4.69) is 34.4 Å². The maximum Gasteiger partial charge on any atom is 0.318 e. The lowest BCUT2D eigenvalue weighted by Gasteiger charge is -2.30. The number of hydrogen-bond acceptors (Lipinski definition) is 5. The predicted molar refractivity (Wildman–Crippen MR) is 198 cm³/mol. The van der Waals surface area contributed by atoms with Crippen LogP contribution in [-0.2, 0) is 41.1 Å². The van der Waals surface area contributed by atoms with E-state index in [1.165, 1.54) is 16.1 Å².